The van der Waals surface area contributed by atoms with Crippen LogP contribution in [0.2, 0.25) is 20.1 Å². The summed E-state index contributed by atoms with van der Waals surface area (Å²) in [6, 6.07) is 19.3. The topological polar surface area (TPSA) is 111 Å². The van der Waals surface area contributed by atoms with Crippen LogP contribution < -0.4 is 19.3 Å². The molecule has 0 amide bonds. The van der Waals surface area contributed by atoms with Crippen LogP contribution in [0.15, 0.2) is 72.8 Å². The minimum absolute atomic E-state index is 0.00260. The molecule has 4 aromatic carbocycles. The zero-order valence-electron chi connectivity index (χ0n) is 25.9. The maximum Gasteiger partial charge on any atom is 0.269 e. The first kappa shape index (κ1) is 33.9. The van der Waals surface area contributed by atoms with E-state index in [1.54, 1.807) is 60.3 Å². The summed E-state index contributed by atoms with van der Waals surface area (Å²) in [6.45, 7) is 2.82. The van der Waals surface area contributed by atoms with Gasteiger partial charge in [0.05, 0.1) is 31.3 Å². The molecule has 0 radical (unpaired) electrons. The lowest BCUT2D eigenvalue weighted by Gasteiger charge is -2.49. The van der Waals surface area contributed by atoms with Crippen molar-refractivity contribution in [2.45, 2.75) is 61.7 Å². The van der Waals surface area contributed by atoms with E-state index in [1.807, 2.05) is 0 Å². The number of anilines is 2. The summed E-state index contributed by atoms with van der Waals surface area (Å²) < 4.78 is 13.9. The van der Waals surface area contributed by atoms with E-state index in [4.69, 9.17) is 55.9 Å². The lowest BCUT2D eigenvalue weighted by Crippen LogP contribution is -2.61. The second-order valence-corrected chi connectivity index (χ2v) is 15.2. The van der Waals surface area contributed by atoms with Gasteiger partial charge in [-0.1, -0.05) is 95.8 Å². The highest BCUT2D eigenvalue weighted by Gasteiger charge is 2.65. The van der Waals surface area contributed by atoms with Crippen molar-refractivity contribution in [2.75, 3.05) is 9.80 Å². The van der Waals surface area contributed by atoms with Gasteiger partial charge in [0.1, 0.15) is 22.9 Å². The molecule has 4 unspecified atom stereocenters. The molecular formula is C34H28Cl4N4O6S. The minimum Gasteiger partial charge on any atom is -0.483 e. The number of nitro groups is 2. The van der Waals surface area contributed by atoms with Gasteiger partial charge in [0.25, 0.3) is 11.4 Å². The third-order valence-corrected chi connectivity index (χ3v) is 11.7. The highest BCUT2D eigenvalue weighted by Crippen LogP contribution is 2.62. The van der Waals surface area contributed by atoms with Gasteiger partial charge in [0, 0.05) is 59.5 Å². The van der Waals surface area contributed by atoms with Gasteiger partial charge in [-0.2, -0.15) is 0 Å². The number of nitro benzene ring substituents is 2. The molecule has 0 aromatic heterocycles. The maximum atomic E-state index is 11.4. The van der Waals surface area contributed by atoms with E-state index in [-0.39, 0.29) is 16.7 Å². The van der Waals surface area contributed by atoms with Gasteiger partial charge in [0.15, 0.2) is 11.0 Å². The Morgan fingerprint density at radius 2 is 1.29 bits per heavy atom. The number of halogens is 4. The monoisotopic (exact) mass is 760 g/mol. The van der Waals surface area contributed by atoms with Crippen molar-refractivity contribution in [1.82, 2.24) is 0 Å². The second-order valence-electron chi connectivity index (χ2n) is 12.1. The fourth-order valence-corrected chi connectivity index (χ4v) is 9.91. The number of hydrogen-bond acceptors (Lipinski definition) is 9. The average Bonchev–Trinajstić information content (AvgIpc) is 3.37. The number of unbranched alkanes of at least 4 members (excludes halogenated alkanes) is 1. The number of benzene rings is 4. The van der Waals surface area contributed by atoms with E-state index in [2.05, 4.69) is 16.7 Å². The zero-order chi connectivity index (χ0) is 34.6. The molecule has 0 spiro atoms. The molecule has 3 aliphatic rings. The molecule has 7 rings (SSSR count). The molecule has 3 heterocycles. The minimum atomic E-state index is -0.848. The summed E-state index contributed by atoms with van der Waals surface area (Å²) in [4.78, 5) is 25.4. The van der Waals surface area contributed by atoms with Crippen molar-refractivity contribution in [3.8, 4) is 11.5 Å². The molecule has 4 atom stereocenters. The molecule has 0 N–H and O–H groups in total. The molecule has 0 bridgehead atoms. The third-order valence-electron chi connectivity index (χ3n) is 8.99. The van der Waals surface area contributed by atoms with Crippen LogP contribution in [0.3, 0.4) is 0 Å². The van der Waals surface area contributed by atoms with Crippen LogP contribution in [-0.4, -0.2) is 32.3 Å². The van der Waals surface area contributed by atoms with Gasteiger partial charge in [-0.25, -0.2) is 0 Å². The first-order chi connectivity index (χ1) is 23.5. The number of rotatable bonds is 9. The van der Waals surface area contributed by atoms with Crippen LogP contribution in [0.4, 0.5) is 22.7 Å². The number of non-ortho nitro benzene ring substituents is 2. The zero-order valence-corrected chi connectivity index (χ0v) is 29.7. The lowest BCUT2D eigenvalue weighted by molar-refractivity contribution is -0.385. The van der Waals surface area contributed by atoms with Gasteiger partial charge in [0.2, 0.25) is 0 Å². The van der Waals surface area contributed by atoms with Crippen molar-refractivity contribution < 1.29 is 19.3 Å². The van der Waals surface area contributed by atoms with Crippen molar-refractivity contribution in [1.29, 1.82) is 0 Å². The Kier molecular flexibility index (Phi) is 9.16. The summed E-state index contributed by atoms with van der Waals surface area (Å²) in [7, 11) is 0. The Labute approximate surface area is 306 Å². The van der Waals surface area contributed by atoms with E-state index in [9.17, 15) is 20.2 Å². The highest BCUT2D eigenvalue weighted by atomic mass is 35.5. The standard InChI is InChI=1S/C34H28Cl4N4O6S/c1-2-3-12-34-32(39(17-19-4-8-23(9-5-19)41(43)44)30-26(38)14-22(36)16-28(30)48-34)31-33(49-34)40(18-20-6-10-24(11-7-20)42(45)46)29-25(37)13-21(35)15-27(29)47-31/h4-11,13-16,31-33H,2-3,12,17-18H2,1H3. The van der Waals surface area contributed by atoms with Gasteiger partial charge >= 0.3 is 0 Å². The van der Waals surface area contributed by atoms with E-state index in [0.29, 0.717) is 62.5 Å². The first-order valence-electron chi connectivity index (χ1n) is 15.5. The van der Waals surface area contributed by atoms with Crippen molar-refractivity contribution in [3.63, 3.8) is 0 Å². The van der Waals surface area contributed by atoms with Crippen LogP contribution in [-0.2, 0) is 13.1 Å². The predicted octanol–water partition coefficient (Wildman–Crippen LogP) is 10.3. The number of fused-ring (bicyclic) bond motifs is 5. The molecule has 0 aliphatic carbocycles. The van der Waals surface area contributed by atoms with E-state index >= 15 is 0 Å². The van der Waals surface area contributed by atoms with Crippen LogP contribution in [0.1, 0.15) is 37.3 Å². The largest absolute Gasteiger partial charge is 0.483 e. The van der Waals surface area contributed by atoms with Gasteiger partial charge in [-0.3, -0.25) is 20.2 Å². The van der Waals surface area contributed by atoms with Crippen LogP contribution in [0.5, 0.6) is 11.5 Å². The van der Waals surface area contributed by atoms with Crippen molar-refractivity contribution in [2.24, 2.45) is 0 Å². The molecule has 15 heteroatoms. The normalized spacial score (nSPS) is 21.9. The van der Waals surface area contributed by atoms with E-state index < -0.39 is 26.9 Å². The van der Waals surface area contributed by atoms with Gasteiger partial charge in [-0.15, -0.1) is 0 Å². The number of nitrogens with zero attached hydrogens (tertiary/aromatic N) is 4. The summed E-state index contributed by atoms with van der Waals surface area (Å²) in [5.41, 5.74) is 2.95. The molecule has 0 saturated carbocycles. The molecular weight excluding hydrogens is 734 g/mol. The molecule has 3 aliphatic heterocycles. The molecule has 4 aromatic rings. The summed E-state index contributed by atoms with van der Waals surface area (Å²) in [5.74, 6) is 1.02. The number of ether oxygens (including phenoxy) is 2. The SMILES string of the molecule is CCCCC12Oc3cc(Cl)cc(Cl)c3N(Cc3ccc([N+](=O)[O-])cc3)C1C1Oc3cc(Cl)cc(Cl)c3N(Cc3ccc([N+](=O)[O-])cc3)C1S2. The molecule has 10 nitrogen and oxygen atoms in total. The molecule has 1 saturated heterocycles. The summed E-state index contributed by atoms with van der Waals surface area (Å²) >= 11 is 28.5. The van der Waals surface area contributed by atoms with Gasteiger partial charge in [-0.05, 0) is 36.1 Å². The van der Waals surface area contributed by atoms with Crippen LogP contribution in [0, 0.1) is 20.2 Å². The van der Waals surface area contributed by atoms with E-state index in [0.717, 1.165) is 24.0 Å². The molecule has 49 heavy (non-hydrogen) atoms. The quantitative estimate of drug-likeness (QED) is 0.122. The second kappa shape index (κ2) is 13.3. The van der Waals surface area contributed by atoms with Crippen molar-refractivity contribution >= 4 is 80.9 Å². The van der Waals surface area contributed by atoms with E-state index in [1.165, 1.54) is 24.3 Å². The molecule has 254 valence electrons. The fourth-order valence-electron chi connectivity index (χ4n) is 6.89. The summed E-state index contributed by atoms with van der Waals surface area (Å²) in [6.07, 6.45) is 1.90. The summed E-state index contributed by atoms with van der Waals surface area (Å²) in [5, 5.41) is 24.1. The van der Waals surface area contributed by atoms with Crippen LogP contribution in [0.25, 0.3) is 0 Å². The van der Waals surface area contributed by atoms with Gasteiger partial charge < -0.3 is 19.3 Å². The Hall–Kier alpha value is -3.61. The third kappa shape index (κ3) is 6.20. The smallest absolute Gasteiger partial charge is 0.269 e. The highest BCUT2D eigenvalue weighted by molar-refractivity contribution is 8.01. The lowest BCUT2D eigenvalue weighted by atomic mass is 9.92. The average molecular weight is 762 g/mol. The Bertz CT molecular complexity index is 1950. The predicted molar refractivity (Wildman–Crippen MR) is 194 cm³/mol. The Morgan fingerprint density at radius 1 is 0.776 bits per heavy atom. The molecule has 1 fully saturated rings. The van der Waals surface area contributed by atoms with Crippen molar-refractivity contribution in [3.05, 3.63) is 124 Å². The Balaban J connectivity index is 1.38. The number of thioether (sulfide) groups is 1. The fraction of sp³-hybridized carbons (Fsp3) is 0.294. The van der Waals surface area contributed by atoms with Crippen LogP contribution >= 0.6 is 58.2 Å². The maximum absolute atomic E-state index is 11.4. The Morgan fingerprint density at radius 3 is 1.82 bits per heavy atom. The first-order valence-corrected chi connectivity index (χ1v) is 17.9. The number of hydrogen-bond donors (Lipinski definition) is 0.